The van der Waals surface area contributed by atoms with Gasteiger partial charge in [0, 0.05) is 5.54 Å². The summed E-state index contributed by atoms with van der Waals surface area (Å²) in [6.45, 7) is 4.47. The third-order valence-corrected chi connectivity index (χ3v) is 3.36. The van der Waals surface area contributed by atoms with Gasteiger partial charge in [0.1, 0.15) is 0 Å². The fourth-order valence-corrected chi connectivity index (χ4v) is 2.28. The van der Waals surface area contributed by atoms with E-state index >= 15 is 0 Å². The van der Waals surface area contributed by atoms with Gasteiger partial charge in [0.2, 0.25) is 0 Å². The van der Waals surface area contributed by atoms with Gasteiger partial charge in [-0.3, -0.25) is 0 Å². The third kappa shape index (κ3) is 1.46. The molecular formula is C13H19N. The Morgan fingerprint density at radius 1 is 1.21 bits per heavy atom. The first-order valence-electron chi connectivity index (χ1n) is 5.52. The van der Waals surface area contributed by atoms with E-state index in [0.29, 0.717) is 5.92 Å². The summed E-state index contributed by atoms with van der Waals surface area (Å²) < 4.78 is 0. The van der Waals surface area contributed by atoms with E-state index in [9.17, 15) is 0 Å². The average Bonchev–Trinajstić information content (AvgIpc) is 2.14. The van der Waals surface area contributed by atoms with Crippen molar-refractivity contribution in [3.8, 4) is 0 Å². The molecule has 76 valence electrons. The number of rotatable bonds is 2. The second kappa shape index (κ2) is 3.39. The van der Waals surface area contributed by atoms with Gasteiger partial charge in [0.05, 0.1) is 0 Å². The third-order valence-electron chi connectivity index (χ3n) is 3.36. The predicted molar refractivity (Wildman–Crippen MR) is 60.2 cm³/mol. The largest absolute Gasteiger partial charge is 0.321 e. The highest BCUT2D eigenvalue weighted by atomic mass is 14.8. The van der Waals surface area contributed by atoms with E-state index in [-0.39, 0.29) is 5.54 Å². The summed E-state index contributed by atoms with van der Waals surface area (Å²) in [6.07, 6.45) is 3.58. The minimum atomic E-state index is -0.0130. The summed E-state index contributed by atoms with van der Waals surface area (Å²) in [6, 6.07) is 8.64. The summed E-state index contributed by atoms with van der Waals surface area (Å²) in [5.74, 6) is 0.576. The van der Waals surface area contributed by atoms with Crippen LogP contribution in [0.4, 0.5) is 0 Å². The zero-order valence-electron chi connectivity index (χ0n) is 9.09. The van der Waals surface area contributed by atoms with Crippen LogP contribution >= 0.6 is 0 Å². The van der Waals surface area contributed by atoms with Crippen LogP contribution in [0.3, 0.4) is 0 Å². The van der Waals surface area contributed by atoms with Gasteiger partial charge < -0.3 is 5.73 Å². The second-order valence-corrected chi connectivity index (χ2v) is 4.75. The fourth-order valence-electron chi connectivity index (χ4n) is 2.28. The van der Waals surface area contributed by atoms with Crippen LogP contribution in [0.1, 0.15) is 50.2 Å². The quantitative estimate of drug-likeness (QED) is 0.760. The lowest BCUT2D eigenvalue weighted by Crippen LogP contribution is -2.44. The highest BCUT2D eigenvalue weighted by molar-refractivity contribution is 5.36. The van der Waals surface area contributed by atoms with Crippen molar-refractivity contribution in [2.24, 2.45) is 5.73 Å². The molecule has 0 bridgehead atoms. The maximum absolute atomic E-state index is 6.36. The molecule has 2 N–H and O–H groups in total. The number of benzene rings is 1. The average molecular weight is 189 g/mol. The summed E-state index contributed by atoms with van der Waals surface area (Å²) in [4.78, 5) is 0. The predicted octanol–water partition coefficient (Wildman–Crippen LogP) is 3.15. The van der Waals surface area contributed by atoms with Crippen LogP contribution in [0.15, 0.2) is 24.3 Å². The molecule has 1 aliphatic carbocycles. The van der Waals surface area contributed by atoms with Gasteiger partial charge in [0.25, 0.3) is 0 Å². The zero-order valence-corrected chi connectivity index (χ0v) is 9.09. The molecule has 1 aromatic rings. The number of hydrogen-bond acceptors (Lipinski definition) is 1. The lowest BCUT2D eigenvalue weighted by atomic mass is 9.70. The highest BCUT2D eigenvalue weighted by Gasteiger charge is 2.35. The molecule has 1 nitrogen and oxygen atoms in total. The van der Waals surface area contributed by atoms with E-state index in [1.165, 1.54) is 17.5 Å². The Morgan fingerprint density at radius 2 is 1.86 bits per heavy atom. The van der Waals surface area contributed by atoms with Crippen LogP contribution in [0, 0.1) is 0 Å². The monoisotopic (exact) mass is 189 g/mol. The standard InChI is InChI=1S/C13H19N/c1-10(2)11-6-3-4-7-12(11)13(14)8-5-9-13/h3-4,6-7,10H,5,8-9,14H2,1-2H3. The molecule has 14 heavy (non-hydrogen) atoms. The Balaban J connectivity index is 2.41. The van der Waals surface area contributed by atoms with Gasteiger partial charge in [0.15, 0.2) is 0 Å². The zero-order chi connectivity index (χ0) is 10.2. The molecule has 0 saturated heterocycles. The van der Waals surface area contributed by atoms with E-state index in [0.717, 1.165) is 12.8 Å². The van der Waals surface area contributed by atoms with Gasteiger partial charge in [-0.2, -0.15) is 0 Å². The molecule has 0 atom stereocenters. The molecule has 1 fully saturated rings. The Morgan fingerprint density at radius 3 is 2.36 bits per heavy atom. The SMILES string of the molecule is CC(C)c1ccccc1C1(N)CCC1. The Labute approximate surface area is 86.3 Å². The van der Waals surface area contributed by atoms with E-state index < -0.39 is 0 Å². The molecule has 1 aliphatic rings. The van der Waals surface area contributed by atoms with Crippen molar-refractivity contribution in [3.63, 3.8) is 0 Å². The second-order valence-electron chi connectivity index (χ2n) is 4.75. The summed E-state index contributed by atoms with van der Waals surface area (Å²) in [5.41, 5.74) is 9.15. The Bertz CT molecular complexity index is 324. The van der Waals surface area contributed by atoms with Gasteiger partial charge in [-0.1, -0.05) is 38.1 Å². The first-order valence-corrected chi connectivity index (χ1v) is 5.52. The van der Waals surface area contributed by atoms with Gasteiger partial charge in [-0.05, 0) is 36.3 Å². The van der Waals surface area contributed by atoms with Crippen molar-refractivity contribution in [2.45, 2.75) is 44.6 Å². The van der Waals surface area contributed by atoms with Gasteiger partial charge >= 0.3 is 0 Å². The normalized spacial score (nSPS) is 19.4. The lowest BCUT2D eigenvalue weighted by molar-refractivity contribution is 0.251. The minimum absolute atomic E-state index is 0.0130. The van der Waals surface area contributed by atoms with Gasteiger partial charge in [-0.25, -0.2) is 0 Å². The fraction of sp³-hybridized carbons (Fsp3) is 0.538. The Hall–Kier alpha value is -0.820. The van der Waals surface area contributed by atoms with Crippen LogP contribution in [-0.4, -0.2) is 0 Å². The first-order chi connectivity index (χ1) is 6.63. The topological polar surface area (TPSA) is 26.0 Å². The van der Waals surface area contributed by atoms with E-state index in [2.05, 4.69) is 38.1 Å². The van der Waals surface area contributed by atoms with E-state index in [1.807, 2.05) is 0 Å². The molecule has 0 spiro atoms. The molecule has 1 saturated carbocycles. The van der Waals surface area contributed by atoms with Crippen molar-refractivity contribution >= 4 is 0 Å². The molecule has 2 rings (SSSR count). The van der Waals surface area contributed by atoms with Gasteiger partial charge in [-0.15, -0.1) is 0 Å². The highest BCUT2D eigenvalue weighted by Crippen LogP contribution is 2.41. The van der Waals surface area contributed by atoms with Crippen LogP contribution in [0.25, 0.3) is 0 Å². The van der Waals surface area contributed by atoms with Crippen LogP contribution < -0.4 is 5.73 Å². The van der Waals surface area contributed by atoms with Crippen LogP contribution in [0.2, 0.25) is 0 Å². The first kappa shape index (κ1) is 9.72. The van der Waals surface area contributed by atoms with E-state index in [4.69, 9.17) is 5.73 Å². The van der Waals surface area contributed by atoms with Crippen molar-refractivity contribution < 1.29 is 0 Å². The number of hydrogen-bond donors (Lipinski definition) is 1. The summed E-state index contributed by atoms with van der Waals surface area (Å²) >= 11 is 0. The smallest absolute Gasteiger partial charge is 0.0412 e. The molecule has 1 aromatic carbocycles. The van der Waals surface area contributed by atoms with Crippen molar-refractivity contribution in [1.82, 2.24) is 0 Å². The number of nitrogens with two attached hydrogens (primary N) is 1. The summed E-state index contributed by atoms with van der Waals surface area (Å²) in [7, 11) is 0. The van der Waals surface area contributed by atoms with E-state index in [1.54, 1.807) is 0 Å². The molecule has 0 heterocycles. The van der Waals surface area contributed by atoms with Crippen LogP contribution in [0.5, 0.6) is 0 Å². The maximum Gasteiger partial charge on any atom is 0.0412 e. The lowest BCUT2D eigenvalue weighted by Gasteiger charge is -2.40. The molecule has 0 amide bonds. The van der Waals surface area contributed by atoms with Crippen molar-refractivity contribution in [2.75, 3.05) is 0 Å². The molecule has 0 aromatic heterocycles. The molecular weight excluding hydrogens is 170 g/mol. The molecule has 0 aliphatic heterocycles. The molecule has 1 heteroatoms. The van der Waals surface area contributed by atoms with Crippen molar-refractivity contribution in [3.05, 3.63) is 35.4 Å². The minimum Gasteiger partial charge on any atom is -0.321 e. The summed E-state index contributed by atoms with van der Waals surface area (Å²) in [5, 5.41) is 0. The molecule has 0 unspecified atom stereocenters. The molecule has 0 radical (unpaired) electrons. The Kier molecular flexibility index (Phi) is 2.36. The van der Waals surface area contributed by atoms with Crippen molar-refractivity contribution in [1.29, 1.82) is 0 Å². The van der Waals surface area contributed by atoms with Crippen LogP contribution in [-0.2, 0) is 5.54 Å². The maximum atomic E-state index is 6.36.